The molecule has 2 aromatic heterocycles. The highest BCUT2D eigenvalue weighted by atomic mass is 16.5. The van der Waals surface area contributed by atoms with E-state index in [2.05, 4.69) is 25.3 Å². The summed E-state index contributed by atoms with van der Waals surface area (Å²) < 4.78 is 5.43. The number of hydrogen-bond donors (Lipinski definition) is 1. The van der Waals surface area contributed by atoms with Crippen molar-refractivity contribution in [1.82, 2.24) is 24.8 Å². The molecule has 1 N–H and O–H groups in total. The number of amides is 1. The number of nitrogens with zero attached hydrogens (tertiary/aromatic N) is 5. The van der Waals surface area contributed by atoms with E-state index in [9.17, 15) is 4.79 Å². The first-order valence-electron chi connectivity index (χ1n) is 9.41. The molecule has 8 heteroatoms. The molecular formula is C19H22N6O2. The molecule has 0 atom stereocenters. The first kappa shape index (κ1) is 16.6. The Balaban J connectivity index is 1.23. The van der Waals surface area contributed by atoms with Crippen molar-refractivity contribution < 1.29 is 9.53 Å². The Bertz CT molecular complexity index is 823. The largest absolute Gasteiger partial charge is 0.381 e. The van der Waals surface area contributed by atoms with E-state index in [0.29, 0.717) is 11.5 Å². The van der Waals surface area contributed by atoms with E-state index in [1.54, 1.807) is 12.4 Å². The number of aromatic nitrogens is 4. The summed E-state index contributed by atoms with van der Waals surface area (Å²) in [4.78, 5) is 31.5. The predicted octanol–water partition coefficient (Wildman–Crippen LogP) is 1.62. The van der Waals surface area contributed by atoms with Crippen LogP contribution in [0.4, 0.5) is 5.95 Å². The van der Waals surface area contributed by atoms with Crippen molar-refractivity contribution in [1.29, 1.82) is 0 Å². The number of carbonyl (C=O) groups is 1. The van der Waals surface area contributed by atoms with Crippen LogP contribution in [0.5, 0.6) is 0 Å². The maximum Gasteiger partial charge on any atom is 0.257 e. The van der Waals surface area contributed by atoms with Crippen molar-refractivity contribution in [3.05, 3.63) is 42.2 Å². The van der Waals surface area contributed by atoms with Crippen molar-refractivity contribution in [2.75, 3.05) is 31.6 Å². The third-order valence-corrected chi connectivity index (χ3v) is 6.01. The van der Waals surface area contributed by atoms with E-state index in [1.165, 1.54) is 6.33 Å². The highest BCUT2D eigenvalue weighted by Gasteiger charge is 2.47. The van der Waals surface area contributed by atoms with Crippen LogP contribution in [0.1, 0.15) is 41.6 Å². The van der Waals surface area contributed by atoms with Crippen molar-refractivity contribution in [3.8, 4) is 0 Å². The van der Waals surface area contributed by atoms with Gasteiger partial charge in [-0.15, -0.1) is 0 Å². The molecule has 2 saturated heterocycles. The molecule has 0 unspecified atom stereocenters. The van der Waals surface area contributed by atoms with Crippen molar-refractivity contribution >= 4 is 11.9 Å². The van der Waals surface area contributed by atoms with Gasteiger partial charge in [-0.2, -0.15) is 0 Å². The van der Waals surface area contributed by atoms with Crippen molar-refractivity contribution in [3.63, 3.8) is 0 Å². The fourth-order valence-electron chi connectivity index (χ4n) is 4.08. The minimum Gasteiger partial charge on any atom is -0.381 e. The minimum atomic E-state index is -0.181. The summed E-state index contributed by atoms with van der Waals surface area (Å²) in [6, 6.07) is 0. The lowest BCUT2D eigenvalue weighted by molar-refractivity contribution is -0.0666. The second-order valence-corrected chi connectivity index (χ2v) is 7.90. The van der Waals surface area contributed by atoms with Crippen LogP contribution in [-0.2, 0) is 10.3 Å². The van der Waals surface area contributed by atoms with Gasteiger partial charge in [-0.1, -0.05) is 0 Å². The van der Waals surface area contributed by atoms with Gasteiger partial charge >= 0.3 is 0 Å². The molecule has 8 nitrogen and oxygen atoms in total. The van der Waals surface area contributed by atoms with Gasteiger partial charge in [-0.3, -0.25) is 4.79 Å². The van der Waals surface area contributed by atoms with Crippen LogP contribution in [0.2, 0.25) is 0 Å². The molecule has 27 heavy (non-hydrogen) atoms. The lowest BCUT2D eigenvalue weighted by atomic mass is 9.73. The van der Waals surface area contributed by atoms with Gasteiger partial charge in [0.1, 0.15) is 6.33 Å². The fourth-order valence-corrected chi connectivity index (χ4v) is 4.08. The van der Waals surface area contributed by atoms with Crippen LogP contribution in [0.15, 0.2) is 31.1 Å². The molecule has 2 aliphatic heterocycles. The maximum absolute atomic E-state index is 12.7. The summed E-state index contributed by atoms with van der Waals surface area (Å²) in [6.45, 7) is 3.23. The zero-order valence-electron chi connectivity index (χ0n) is 15.1. The highest BCUT2D eigenvalue weighted by Crippen LogP contribution is 2.47. The van der Waals surface area contributed by atoms with Crippen LogP contribution in [0, 0.1) is 5.41 Å². The van der Waals surface area contributed by atoms with Gasteiger partial charge in [-0.25, -0.2) is 19.9 Å². The molecule has 3 fully saturated rings. The van der Waals surface area contributed by atoms with Crippen LogP contribution >= 0.6 is 0 Å². The van der Waals surface area contributed by atoms with Gasteiger partial charge < -0.3 is 15.0 Å². The third-order valence-electron chi connectivity index (χ3n) is 6.01. The lowest BCUT2D eigenvalue weighted by Gasteiger charge is -2.52. The van der Waals surface area contributed by atoms with Crippen molar-refractivity contribution in [2.45, 2.75) is 31.2 Å². The standard InChI is InChI=1S/C19H22N6O2/c26-16(25-11-18(12-25)3-5-27-6-4-18)14-7-22-17(23-8-14)24-19(1-2-19)15-9-20-13-21-10-15/h7-10,13H,1-6,11-12H2,(H,22,23,24). The molecule has 2 aromatic rings. The van der Waals surface area contributed by atoms with Gasteiger partial charge in [0.15, 0.2) is 0 Å². The number of rotatable bonds is 4. The maximum atomic E-state index is 12.7. The number of ether oxygens (including phenoxy) is 1. The average Bonchev–Trinajstić information content (AvgIpc) is 3.48. The lowest BCUT2D eigenvalue weighted by Crippen LogP contribution is -2.60. The van der Waals surface area contributed by atoms with E-state index in [1.807, 2.05) is 17.3 Å². The van der Waals surface area contributed by atoms with Gasteiger partial charge in [0.05, 0.1) is 11.1 Å². The summed E-state index contributed by atoms with van der Waals surface area (Å²) in [6.07, 6.45) is 12.5. The van der Waals surface area contributed by atoms with Gasteiger partial charge in [0.2, 0.25) is 5.95 Å². The van der Waals surface area contributed by atoms with E-state index in [0.717, 1.165) is 57.6 Å². The highest BCUT2D eigenvalue weighted by molar-refractivity contribution is 5.94. The number of anilines is 1. The Morgan fingerprint density at radius 1 is 1.00 bits per heavy atom. The molecular weight excluding hydrogens is 344 g/mol. The van der Waals surface area contributed by atoms with E-state index >= 15 is 0 Å². The number of hydrogen-bond acceptors (Lipinski definition) is 7. The Kier molecular flexibility index (Phi) is 3.82. The minimum absolute atomic E-state index is 0.0104. The SMILES string of the molecule is O=C(c1cnc(NC2(c3cncnc3)CC2)nc1)N1CC2(CCOCC2)C1. The quantitative estimate of drug-likeness (QED) is 0.879. The van der Waals surface area contributed by atoms with Gasteiger partial charge in [0.25, 0.3) is 5.91 Å². The molecule has 0 aromatic carbocycles. The molecule has 5 rings (SSSR count). The number of likely N-dealkylation sites (tertiary alicyclic amines) is 1. The van der Waals surface area contributed by atoms with Crippen LogP contribution < -0.4 is 5.32 Å². The molecule has 0 radical (unpaired) electrons. The smallest absolute Gasteiger partial charge is 0.257 e. The van der Waals surface area contributed by atoms with E-state index < -0.39 is 0 Å². The number of nitrogens with one attached hydrogen (secondary N) is 1. The Labute approximate surface area is 157 Å². The topological polar surface area (TPSA) is 93.1 Å². The second kappa shape index (κ2) is 6.23. The summed E-state index contributed by atoms with van der Waals surface area (Å²) in [5.74, 6) is 0.536. The summed E-state index contributed by atoms with van der Waals surface area (Å²) in [7, 11) is 0. The van der Waals surface area contributed by atoms with E-state index in [4.69, 9.17) is 4.74 Å². The zero-order chi connectivity index (χ0) is 18.3. The normalized spacial score (nSPS) is 22.1. The second-order valence-electron chi connectivity index (χ2n) is 7.90. The predicted molar refractivity (Wildman–Crippen MR) is 97.0 cm³/mol. The Morgan fingerprint density at radius 3 is 2.30 bits per heavy atom. The monoisotopic (exact) mass is 366 g/mol. The molecule has 0 bridgehead atoms. The number of carbonyl (C=O) groups excluding carboxylic acids is 1. The molecule has 1 spiro atoms. The summed E-state index contributed by atoms with van der Waals surface area (Å²) >= 11 is 0. The van der Waals surface area contributed by atoms with Crippen LogP contribution in [-0.4, -0.2) is 57.0 Å². The van der Waals surface area contributed by atoms with E-state index in [-0.39, 0.29) is 16.9 Å². The molecule has 1 amide bonds. The third kappa shape index (κ3) is 3.03. The van der Waals surface area contributed by atoms with Gasteiger partial charge in [0, 0.05) is 62.1 Å². The molecule has 1 aliphatic carbocycles. The van der Waals surface area contributed by atoms with Crippen LogP contribution in [0.25, 0.3) is 0 Å². The first-order chi connectivity index (χ1) is 13.2. The fraction of sp³-hybridized carbons (Fsp3) is 0.526. The molecule has 3 aliphatic rings. The Morgan fingerprint density at radius 2 is 1.67 bits per heavy atom. The molecule has 140 valence electrons. The summed E-state index contributed by atoms with van der Waals surface area (Å²) in [5, 5.41) is 3.37. The Hall–Kier alpha value is -2.61. The molecule has 4 heterocycles. The van der Waals surface area contributed by atoms with Crippen molar-refractivity contribution in [2.24, 2.45) is 5.41 Å². The van der Waals surface area contributed by atoms with Gasteiger partial charge in [-0.05, 0) is 25.7 Å². The van der Waals surface area contributed by atoms with Crippen LogP contribution in [0.3, 0.4) is 0 Å². The molecule has 1 saturated carbocycles. The summed E-state index contributed by atoms with van der Waals surface area (Å²) in [5.41, 5.74) is 1.66. The zero-order valence-corrected chi connectivity index (χ0v) is 15.1. The average molecular weight is 366 g/mol. The first-order valence-corrected chi connectivity index (χ1v) is 9.41.